The van der Waals surface area contributed by atoms with E-state index >= 15 is 0 Å². The van der Waals surface area contributed by atoms with Gasteiger partial charge in [-0.3, -0.25) is 0 Å². The quantitative estimate of drug-likeness (QED) is 0.335. The van der Waals surface area contributed by atoms with Gasteiger partial charge >= 0.3 is 0 Å². The summed E-state index contributed by atoms with van der Waals surface area (Å²) in [4.78, 5) is 0. The molecule has 2 bridgehead atoms. The third kappa shape index (κ3) is 1.60. The first kappa shape index (κ1) is 16.9. The maximum Gasteiger partial charge on any atom is 0.197 e. The van der Waals surface area contributed by atoms with Crippen molar-refractivity contribution in [3.05, 3.63) is 57.7 Å². The van der Waals surface area contributed by atoms with Crippen LogP contribution in [0.25, 0.3) is 0 Å². The fraction of sp³-hybridized carbons (Fsp3) is 0.400. The van der Waals surface area contributed by atoms with Gasteiger partial charge in [0.25, 0.3) is 0 Å². The van der Waals surface area contributed by atoms with Crippen molar-refractivity contribution in [3.63, 3.8) is 0 Å². The van der Waals surface area contributed by atoms with Crippen molar-refractivity contribution in [2.45, 2.75) is 36.9 Å². The molecule has 1 aliphatic heterocycles. The normalized spacial score (nSPS) is 28.3. The van der Waals surface area contributed by atoms with E-state index in [1.54, 1.807) is 26.0 Å². The molecule has 142 valence electrons. The predicted molar refractivity (Wildman–Crippen MR) is 87.4 cm³/mol. The molecular weight excluding hydrogens is 364 g/mol. The van der Waals surface area contributed by atoms with Crippen molar-refractivity contribution in [3.8, 4) is 11.5 Å². The van der Waals surface area contributed by atoms with Gasteiger partial charge < -0.3 is 14.2 Å². The molecule has 1 spiro atoms. The number of hydrogen-bond donors (Lipinski definition) is 0. The second kappa shape index (κ2) is 4.76. The lowest BCUT2D eigenvalue weighted by atomic mass is 9.82. The molecule has 3 aliphatic rings. The van der Waals surface area contributed by atoms with Gasteiger partial charge in [-0.25, -0.2) is 17.6 Å². The maximum absolute atomic E-state index is 14.8. The van der Waals surface area contributed by atoms with Crippen molar-refractivity contribution in [1.29, 1.82) is 0 Å². The Morgan fingerprint density at radius 1 is 0.741 bits per heavy atom. The summed E-state index contributed by atoms with van der Waals surface area (Å²) in [5.41, 5.74) is -1.03. The van der Waals surface area contributed by atoms with Crippen molar-refractivity contribution in [2.24, 2.45) is 0 Å². The van der Waals surface area contributed by atoms with E-state index in [1.165, 1.54) is 14.2 Å². The Bertz CT molecular complexity index is 961. The van der Waals surface area contributed by atoms with Crippen LogP contribution >= 0.6 is 0 Å². The van der Waals surface area contributed by atoms with Gasteiger partial charge in [-0.15, -0.1) is 0 Å². The van der Waals surface area contributed by atoms with Gasteiger partial charge in [0.1, 0.15) is 17.1 Å². The van der Waals surface area contributed by atoms with Crippen LogP contribution in [0, 0.1) is 23.3 Å². The van der Waals surface area contributed by atoms with E-state index in [4.69, 9.17) is 14.2 Å². The first-order chi connectivity index (χ1) is 12.7. The summed E-state index contributed by atoms with van der Waals surface area (Å²) in [6.07, 6.45) is 0. The molecule has 3 atom stereocenters. The summed E-state index contributed by atoms with van der Waals surface area (Å²) >= 11 is 0. The summed E-state index contributed by atoms with van der Waals surface area (Å²) in [5.74, 6) is -7.13. The molecule has 1 fully saturated rings. The summed E-state index contributed by atoms with van der Waals surface area (Å²) < 4.78 is 74.6. The van der Waals surface area contributed by atoms with Gasteiger partial charge in [-0.1, -0.05) is 0 Å². The molecule has 5 rings (SSSR count). The summed E-state index contributed by atoms with van der Waals surface area (Å²) in [6.45, 7) is 3.60. The number of ether oxygens (including phenoxy) is 3. The van der Waals surface area contributed by atoms with E-state index in [9.17, 15) is 17.6 Å². The number of fused-ring (bicyclic) bond motifs is 6. The lowest BCUT2D eigenvalue weighted by molar-refractivity contribution is 0.262. The summed E-state index contributed by atoms with van der Waals surface area (Å²) in [7, 11) is 2.92. The minimum atomic E-state index is -1.81. The predicted octanol–water partition coefficient (Wildman–Crippen LogP) is 4.40. The largest absolute Gasteiger partial charge is 0.496 e. The van der Waals surface area contributed by atoms with E-state index in [2.05, 4.69) is 0 Å². The van der Waals surface area contributed by atoms with Gasteiger partial charge in [-0.05, 0) is 26.0 Å². The fourth-order valence-electron chi connectivity index (χ4n) is 5.30. The molecule has 7 heteroatoms. The lowest BCUT2D eigenvalue weighted by Crippen LogP contribution is -2.25. The topological polar surface area (TPSA) is 31.0 Å². The van der Waals surface area contributed by atoms with Gasteiger partial charge in [0.15, 0.2) is 23.3 Å². The average molecular weight is 380 g/mol. The maximum atomic E-state index is 14.8. The van der Waals surface area contributed by atoms with Gasteiger partial charge in [0.05, 0.1) is 19.8 Å². The number of hydrogen-bond acceptors (Lipinski definition) is 3. The summed E-state index contributed by atoms with van der Waals surface area (Å²) in [6, 6.07) is 3.32. The van der Waals surface area contributed by atoms with E-state index in [-0.39, 0.29) is 11.1 Å². The first-order valence-electron chi connectivity index (χ1n) is 8.53. The molecule has 1 unspecified atom stereocenters. The molecule has 27 heavy (non-hydrogen) atoms. The average Bonchev–Trinajstić information content (AvgIpc) is 2.95. The van der Waals surface area contributed by atoms with Crippen LogP contribution in [0.2, 0.25) is 0 Å². The van der Waals surface area contributed by atoms with Crippen LogP contribution < -0.4 is 9.47 Å². The SMILES string of the molecule is COc1ccc(OC)c2c1[C@@H]1c3c(F)c(F)c(F)c(F)c3[C@H]2C12OC2(C)C. The Labute approximate surface area is 152 Å². The highest BCUT2D eigenvalue weighted by Crippen LogP contribution is 2.78. The minimum absolute atomic E-state index is 0.193. The zero-order valence-corrected chi connectivity index (χ0v) is 15.0. The second-order valence-corrected chi connectivity index (χ2v) is 7.65. The van der Waals surface area contributed by atoms with Crippen LogP contribution in [0.4, 0.5) is 17.6 Å². The highest BCUT2D eigenvalue weighted by Gasteiger charge is 2.81. The molecule has 0 saturated carbocycles. The van der Waals surface area contributed by atoms with Crippen molar-refractivity contribution >= 4 is 0 Å². The molecule has 2 aromatic rings. The Morgan fingerprint density at radius 3 is 1.41 bits per heavy atom. The molecule has 0 aromatic heterocycles. The Morgan fingerprint density at radius 2 is 1.11 bits per heavy atom. The Kier molecular flexibility index (Phi) is 2.97. The smallest absolute Gasteiger partial charge is 0.197 e. The third-order valence-corrected chi connectivity index (χ3v) is 6.32. The number of benzene rings is 2. The van der Waals surface area contributed by atoms with Crippen LogP contribution in [-0.2, 0) is 4.74 Å². The molecule has 2 aliphatic carbocycles. The summed E-state index contributed by atoms with van der Waals surface area (Å²) in [5, 5.41) is 0. The van der Waals surface area contributed by atoms with E-state index in [0.717, 1.165) is 0 Å². The van der Waals surface area contributed by atoms with E-state index < -0.39 is 46.3 Å². The van der Waals surface area contributed by atoms with Crippen LogP contribution in [0.15, 0.2) is 12.1 Å². The van der Waals surface area contributed by atoms with Gasteiger partial charge in [0.2, 0.25) is 0 Å². The van der Waals surface area contributed by atoms with Gasteiger partial charge in [0, 0.05) is 34.1 Å². The zero-order valence-electron chi connectivity index (χ0n) is 15.0. The number of halogens is 4. The number of epoxide rings is 1. The van der Waals surface area contributed by atoms with E-state index in [0.29, 0.717) is 22.6 Å². The van der Waals surface area contributed by atoms with Crippen LogP contribution in [0.5, 0.6) is 11.5 Å². The molecular formula is C20H16F4O3. The van der Waals surface area contributed by atoms with Crippen LogP contribution in [0.1, 0.15) is 47.9 Å². The highest BCUT2D eigenvalue weighted by molar-refractivity contribution is 5.73. The number of methoxy groups -OCH3 is 2. The first-order valence-corrected chi connectivity index (χ1v) is 8.53. The molecule has 1 heterocycles. The minimum Gasteiger partial charge on any atom is -0.496 e. The Balaban J connectivity index is 1.93. The second-order valence-electron chi connectivity index (χ2n) is 7.65. The number of rotatable bonds is 2. The zero-order chi connectivity index (χ0) is 19.5. The molecule has 0 N–H and O–H groups in total. The van der Waals surface area contributed by atoms with Crippen molar-refractivity contribution in [1.82, 2.24) is 0 Å². The standard InChI is InChI=1S/C20H16F4O3/c1-19(2)20(27-19)13-9-7(25-3)5-6-8(26-4)10(9)14(20)12-11(13)15(21)17(23)18(24)16(12)22/h5-6,13-14H,1-4H3/t13-,14+,20?. The molecule has 1 saturated heterocycles. The van der Waals surface area contributed by atoms with E-state index in [1.807, 2.05) is 0 Å². The molecule has 0 amide bonds. The van der Waals surface area contributed by atoms with Crippen molar-refractivity contribution in [2.75, 3.05) is 14.2 Å². The third-order valence-electron chi connectivity index (χ3n) is 6.32. The fourth-order valence-corrected chi connectivity index (χ4v) is 5.30. The highest BCUT2D eigenvalue weighted by atomic mass is 19.2. The lowest BCUT2D eigenvalue weighted by Gasteiger charge is -2.23. The monoisotopic (exact) mass is 380 g/mol. The molecule has 0 radical (unpaired) electrons. The van der Waals surface area contributed by atoms with Crippen LogP contribution in [0.3, 0.4) is 0 Å². The molecule has 3 nitrogen and oxygen atoms in total. The van der Waals surface area contributed by atoms with Crippen molar-refractivity contribution < 1.29 is 31.8 Å². The Hall–Kier alpha value is -2.28. The molecule has 2 aromatic carbocycles. The van der Waals surface area contributed by atoms with Crippen LogP contribution in [-0.4, -0.2) is 25.4 Å². The van der Waals surface area contributed by atoms with Gasteiger partial charge in [-0.2, -0.15) is 0 Å².